The topological polar surface area (TPSA) is 61.9 Å². The van der Waals surface area contributed by atoms with E-state index >= 15 is 0 Å². The lowest BCUT2D eigenvalue weighted by Crippen LogP contribution is -2.35. The van der Waals surface area contributed by atoms with Gasteiger partial charge < -0.3 is 4.98 Å². The van der Waals surface area contributed by atoms with Crippen molar-refractivity contribution in [3.8, 4) is 11.4 Å². The van der Waals surface area contributed by atoms with Crippen molar-refractivity contribution >= 4 is 15.9 Å². The van der Waals surface area contributed by atoms with E-state index in [1.54, 1.807) is 12.4 Å². The molecule has 1 aromatic carbocycles. The molecule has 0 unspecified atom stereocenters. The summed E-state index contributed by atoms with van der Waals surface area (Å²) < 4.78 is 1.10. The van der Waals surface area contributed by atoms with Crippen LogP contribution < -0.4 is 5.56 Å². The van der Waals surface area contributed by atoms with Gasteiger partial charge in [0.1, 0.15) is 5.82 Å². The van der Waals surface area contributed by atoms with Gasteiger partial charge in [-0.15, -0.1) is 0 Å². The maximum atomic E-state index is 12.6. The minimum Gasteiger partial charge on any atom is -0.306 e. The highest BCUT2D eigenvalue weighted by Crippen LogP contribution is 2.22. The molecule has 0 radical (unpaired) electrons. The molecule has 1 N–H and O–H groups in total. The van der Waals surface area contributed by atoms with Gasteiger partial charge in [-0.25, -0.2) is 4.98 Å². The molecule has 25 heavy (non-hydrogen) atoms. The van der Waals surface area contributed by atoms with Crippen molar-refractivity contribution in [1.82, 2.24) is 19.9 Å². The number of aromatic amines is 1. The van der Waals surface area contributed by atoms with E-state index in [1.165, 1.54) is 5.56 Å². The Bertz CT molecular complexity index is 955. The molecular weight excluding hydrogens is 380 g/mol. The average Bonchev–Trinajstić information content (AvgIpc) is 2.65. The van der Waals surface area contributed by atoms with E-state index in [4.69, 9.17) is 0 Å². The summed E-state index contributed by atoms with van der Waals surface area (Å²) in [6, 6.07) is 11.9. The number of pyridine rings is 1. The van der Waals surface area contributed by atoms with E-state index < -0.39 is 0 Å². The summed E-state index contributed by atoms with van der Waals surface area (Å²) in [7, 11) is 0. The van der Waals surface area contributed by atoms with Crippen molar-refractivity contribution in [2.75, 3.05) is 6.54 Å². The Labute approximate surface area is 153 Å². The molecular formula is C19H17BrN4O. The zero-order valence-electron chi connectivity index (χ0n) is 13.6. The Hall–Kier alpha value is -2.31. The molecule has 0 spiro atoms. The van der Waals surface area contributed by atoms with Gasteiger partial charge in [0, 0.05) is 48.5 Å². The minimum atomic E-state index is -0.0476. The van der Waals surface area contributed by atoms with Crippen molar-refractivity contribution in [3.63, 3.8) is 0 Å². The van der Waals surface area contributed by atoms with Gasteiger partial charge in [0.25, 0.3) is 5.56 Å². The Morgan fingerprint density at radius 3 is 2.76 bits per heavy atom. The van der Waals surface area contributed by atoms with Crippen LogP contribution in [0, 0.1) is 0 Å². The smallest absolute Gasteiger partial charge is 0.255 e. The van der Waals surface area contributed by atoms with Crippen LogP contribution in [0.3, 0.4) is 0 Å². The summed E-state index contributed by atoms with van der Waals surface area (Å²) in [5, 5.41) is 0. The third kappa shape index (κ3) is 3.41. The highest BCUT2D eigenvalue weighted by Gasteiger charge is 2.22. The SMILES string of the molecule is O=c1[nH]c(-c2ccncc2)nc2c1CN(Cc1ccccc1Br)CC2. The molecule has 6 heteroatoms. The molecule has 0 saturated carbocycles. The van der Waals surface area contributed by atoms with Crippen LogP contribution in [0.1, 0.15) is 16.8 Å². The third-order valence-electron chi connectivity index (χ3n) is 4.45. The van der Waals surface area contributed by atoms with Crippen LogP contribution in [0.25, 0.3) is 11.4 Å². The van der Waals surface area contributed by atoms with Crippen molar-refractivity contribution in [2.45, 2.75) is 19.5 Å². The lowest BCUT2D eigenvalue weighted by Gasteiger charge is -2.28. The molecule has 0 bridgehead atoms. The number of rotatable bonds is 3. The molecule has 126 valence electrons. The molecule has 0 fully saturated rings. The molecule has 1 aliphatic rings. The molecule has 3 aromatic rings. The Kier molecular flexibility index (Phi) is 4.46. The fourth-order valence-electron chi connectivity index (χ4n) is 3.13. The van der Waals surface area contributed by atoms with Gasteiger partial charge in [0.2, 0.25) is 0 Å². The molecule has 1 aliphatic heterocycles. The monoisotopic (exact) mass is 396 g/mol. The lowest BCUT2D eigenvalue weighted by molar-refractivity contribution is 0.241. The standard InChI is InChI=1S/C19H17BrN4O/c20-16-4-2-1-3-14(16)11-24-10-7-17-15(12-24)19(25)23-18(22-17)13-5-8-21-9-6-13/h1-6,8-9H,7,10-12H2,(H,22,23,25). The van der Waals surface area contributed by atoms with Gasteiger partial charge in [-0.3, -0.25) is 14.7 Å². The van der Waals surface area contributed by atoms with Crippen molar-refractivity contribution in [1.29, 1.82) is 0 Å². The lowest BCUT2D eigenvalue weighted by atomic mass is 10.1. The average molecular weight is 397 g/mol. The highest BCUT2D eigenvalue weighted by molar-refractivity contribution is 9.10. The maximum Gasteiger partial charge on any atom is 0.255 e. The van der Waals surface area contributed by atoms with E-state index in [2.05, 4.69) is 41.8 Å². The van der Waals surface area contributed by atoms with Crippen molar-refractivity contribution in [2.24, 2.45) is 0 Å². The molecule has 2 aromatic heterocycles. The fourth-order valence-corrected chi connectivity index (χ4v) is 3.54. The maximum absolute atomic E-state index is 12.6. The second-order valence-electron chi connectivity index (χ2n) is 6.13. The summed E-state index contributed by atoms with van der Waals surface area (Å²) in [5.74, 6) is 0.616. The van der Waals surface area contributed by atoms with E-state index in [9.17, 15) is 4.79 Å². The van der Waals surface area contributed by atoms with Gasteiger partial charge in [-0.1, -0.05) is 34.1 Å². The minimum absolute atomic E-state index is 0.0476. The number of fused-ring (bicyclic) bond motifs is 1. The van der Waals surface area contributed by atoms with Gasteiger partial charge in [-0.05, 0) is 23.8 Å². The number of nitrogens with one attached hydrogen (secondary N) is 1. The van der Waals surface area contributed by atoms with Crippen LogP contribution in [-0.2, 0) is 19.5 Å². The number of nitrogens with zero attached hydrogens (tertiary/aromatic N) is 3. The summed E-state index contributed by atoms with van der Waals surface area (Å²) in [5.41, 5.74) is 3.73. The molecule has 4 rings (SSSR count). The first-order valence-corrected chi connectivity index (χ1v) is 8.98. The zero-order valence-corrected chi connectivity index (χ0v) is 15.2. The molecule has 0 saturated heterocycles. The van der Waals surface area contributed by atoms with Crippen LogP contribution in [-0.4, -0.2) is 26.4 Å². The Balaban J connectivity index is 1.60. The summed E-state index contributed by atoms with van der Waals surface area (Å²) in [6.07, 6.45) is 4.18. The summed E-state index contributed by atoms with van der Waals surface area (Å²) in [4.78, 5) is 26.5. The van der Waals surface area contributed by atoms with Crippen LogP contribution in [0.2, 0.25) is 0 Å². The number of H-pyrrole nitrogens is 1. The second kappa shape index (κ2) is 6.90. The van der Waals surface area contributed by atoms with E-state index in [0.717, 1.165) is 40.8 Å². The van der Waals surface area contributed by atoms with Crippen LogP contribution in [0.15, 0.2) is 58.1 Å². The Morgan fingerprint density at radius 1 is 1.16 bits per heavy atom. The largest absolute Gasteiger partial charge is 0.306 e. The molecule has 0 amide bonds. The first-order valence-electron chi connectivity index (χ1n) is 8.19. The second-order valence-corrected chi connectivity index (χ2v) is 6.98. The van der Waals surface area contributed by atoms with Gasteiger partial charge >= 0.3 is 0 Å². The highest BCUT2D eigenvalue weighted by atomic mass is 79.9. The van der Waals surface area contributed by atoms with Crippen molar-refractivity contribution in [3.05, 3.63) is 80.4 Å². The van der Waals surface area contributed by atoms with Crippen molar-refractivity contribution < 1.29 is 0 Å². The molecule has 3 heterocycles. The predicted molar refractivity (Wildman–Crippen MR) is 100 cm³/mol. The van der Waals surface area contributed by atoms with Crippen LogP contribution in [0.4, 0.5) is 0 Å². The summed E-state index contributed by atoms with van der Waals surface area (Å²) >= 11 is 3.59. The predicted octanol–water partition coefficient (Wildman–Crippen LogP) is 3.15. The quantitative estimate of drug-likeness (QED) is 0.738. The number of halogens is 1. The fraction of sp³-hybridized carbons (Fsp3) is 0.211. The van der Waals surface area contributed by atoms with E-state index in [-0.39, 0.29) is 5.56 Å². The molecule has 0 atom stereocenters. The number of aromatic nitrogens is 3. The first kappa shape index (κ1) is 16.2. The van der Waals surface area contributed by atoms with Crippen LogP contribution >= 0.6 is 15.9 Å². The third-order valence-corrected chi connectivity index (χ3v) is 5.23. The Morgan fingerprint density at radius 2 is 1.96 bits per heavy atom. The molecule has 0 aliphatic carbocycles. The first-order chi connectivity index (χ1) is 12.2. The van der Waals surface area contributed by atoms with E-state index in [1.807, 2.05) is 30.3 Å². The summed E-state index contributed by atoms with van der Waals surface area (Å²) in [6.45, 7) is 2.32. The van der Waals surface area contributed by atoms with Gasteiger partial charge in [-0.2, -0.15) is 0 Å². The zero-order chi connectivity index (χ0) is 17.2. The van der Waals surface area contributed by atoms with Gasteiger partial charge in [0.15, 0.2) is 0 Å². The van der Waals surface area contributed by atoms with Gasteiger partial charge in [0.05, 0.1) is 11.3 Å². The number of benzene rings is 1. The normalized spacial score (nSPS) is 14.3. The number of hydrogen-bond donors (Lipinski definition) is 1. The number of hydrogen-bond acceptors (Lipinski definition) is 4. The van der Waals surface area contributed by atoms with Crippen LogP contribution in [0.5, 0.6) is 0 Å². The van der Waals surface area contributed by atoms with E-state index in [0.29, 0.717) is 12.4 Å². The molecule has 5 nitrogen and oxygen atoms in total.